The molecule has 0 aromatic heterocycles. The van der Waals surface area contributed by atoms with Gasteiger partial charge >= 0.3 is 5.97 Å². The molecule has 1 aromatic carbocycles. The first-order valence-electron chi connectivity index (χ1n) is 5.26. The number of carbonyl (C=O) groups excluding carboxylic acids is 1. The van der Waals surface area contributed by atoms with Crippen LogP contribution in [0.15, 0.2) is 42.1 Å². The van der Waals surface area contributed by atoms with Crippen molar-refractivity contribution in [3.63, 3.8) is 0 Å². The van der Waals surface area contributed by atoms with Gasteiger partial charge in [0.2, 0.25) is 0 Å². The summed E-state index contributed by atoms with van der Waals surface area (Å²) in [6.07, 6.45) is 1.47. The molecule has 0 fully saturated rings. The Hall–Kier alpha value is -2.28. The highest BCUT2D eigenvalue weighted by atomic mass is 16.5. The molecule has 17 heavy (non-hydrogen) atoms. The van der Waals surface area contributed by atoms with E-state index in [9.17, 15) is 4.79 Å². The van der Waals surface area contributed by atoms with Crippen molar-refractivity contribution in [2.45, 2.75) is 6.92 Å². The number of para-hydroxylation sites is 1. The molecular weight excluding hydrogens is 216 g/mol. The van der Waals surface area contributed by atoms with Crippen molar-refractivity contribution >= 4 is 11.7 Å². The first-order valence-corrected chi connectivity index (χ1v) is 5.26. The van der Waals surface area contributed by atoms with E-state index in [2.05, 4.69) is 0 Å². The van der Waals surface area contributed by atoms with Crippen LogP contribution < -0.4 is 4.90 Å². The van der Waals surface area contributed by atoms with Crippen LogP contribution in [-0.2, 0) is 9.53 Å². The van der Waals surface area contributed by atoms with Crippen LogP contribution in [0.4, 0.5) is 5.69 Å². The standard InChI is InChI=1S/C13H14N2O2/c1-3-17-13(16)11(9-14)10-15(2)12-7-5-4-6-8-12/h4-8,10H,3H2,1-2H3. The Labute approximate surface area is 101 Å². The third kappa shape index (κ3) is 3.65. The zero-order valence-electron chi connectivity index (χ0n) is 9.88. The van der Waals surface area contributed by atoms with Gasteiger partial charge in [-0.2, -0.15) is 5.26 Å². The first kappa shape index (κ1) is 12.8. The molecule has 0 unspecified atom stereocenters. The van der Waals surface area contributed by atoms with Crippen molar-refractivity contribution in [3.05, 3.63) is 42.1 Å². The van der Waals surface area contributed by atoms with E-state index >= 15 is 0 Å². The van der Waals surface area contributed by atoms with Gasteiger partial charge in [-0.3, -0.25) is 0 Å². The number of esters is 1. The number of nitrogens with zero attached hydrogens (tertiary/aromatic N) is 2. The second-order valence-electron chi connectivity index (χ2n) is 3.32. The van der Waals surface area contributed by atoms with Crippen molar-refractivity contribution in [2.75, 3.05) is 18.6 Å². The van der Waals surface area contributed by atoms with Gasteiger partial charge in [-0.1, -0.05) is 18.2 Å². The molecular formula is C13H14N2O2. The highest BCUT2D eigenvalue weighted by Crippen LogP contribution is 2.12. The number of nitriles is 1. The smallest absolute Gasteiger partial charge is 0.350 e. The van der Waals surface area contributed by atoms with Gasteiger partial charge in [-0.25, -0.2) is 4.79 Å². The number of carbonyl (C=O) groups is 1. The van der Waals surface area contributed by atoms with Crippen molar-refractivity contribution in [1.82, 2.24) is 0 Å². The Morgan fingerprint density at radius 2 is 2.12 bits per heavy atom. The van der Waals surface area contributed by atoms with Gasteiger partial charge in [0.05, 0.1) is 6.61 Å². The predicted octanol–water partition coefficient (Wildman–Crippen LogP) is 2.09. The molecule has 1 aromatic rings. The molecule has 0 atom stereocenters. The molecule has 0 spiro atoms. The van der Waals surface area contributed by atoms with Crippen LogP contribution in [0, 0.1) is 11.3 Å². The fourth-order valence-electron chi connectivity index (χ4n) is 1.27. The molecule has 0 aliphatic rings. The van der Waals surface area contributed by atoms with Crippen molar-refractivity contribution in [1.29, 1.82) is 5.26 Å². The van der Waals surface area contributed by atoms with Crippen LogP contribution in [0.25, 0.3) is 0 Å². The largest absolute Gasteiger partial charge is 0.462 e. The molecule has 0 radical (unpaired) electrons. The number of rotatable bonds is 4. The van der Waals surface area contributed by atoms with Crippen LogP contribution in [-0.4, -0.2) is 19.6 Å². The molecule has 4 nitrogen and oxygen atoms in total. The summed E-state index contributed by atoms with van der Waals surface area (Å²) in [5.74, 6) is -0.599. The lowest BCUT2D eigenvalue weighted by atomic mass is 10.3. The number of benzene rings is 1. The molecule has 1 rings (SSSR count). The molecule has 0 amide bonds. The average molecular weight is 230 g/mol. The van der Waals surface area contributed by atoms with Crippen LogP contribution in [0.5, 0.6) is 0 Å². The van der Waals surface area contributed by atoms with Crippen LogP contribution >= 0.6 is 0 Å². The lowest BCUT2D eigenvalue weighted by Crippen LogP contribution is -2.14. The fourth-order valence-corrected chi connectivity index (χ4v) is 1.27. The van der Waals surface area contributed by atoms with Gasteiger partial charge in [0.15, 0.2) is 5.57 Å². The minimum Gasteiger partial charge on any atom is -0.462 e. The number of ether oxygens (including phenoxy) is 1. The number of hydrogen-bond donors (Lipinski definition) is 0. The summed E-state index contributed by atoms with van der Waals surface area (Å²) in [6.45, 7) is 1.96. The maximum absolute atomic E-state index is 11.4. The lowest BCUT2D eigenvalue weighted by molar-refractivity contribution is -0.138. The summed E-state index contributed by atoms with van der Waals surface area (Å²) in [4.78, 5) is 13.1. The van der Waals surface area contributed by atoms with Crippen LogP contribution in [0.2, 0.25) is 0 Å². The Morgan fingerprint density at radius 3 is 2.65 bits per heavy atom. The summed E-state index contributed by atoms with van der Waals surface area (Å²) in [5.41, 5.74) is 0.878. The maximum atomic E-state index is 11.4. The maximum Gasteiger partial charge on any atom is 0.350 e. The van der Waals surface area contributed by atoms with E-state index in [1.54, 1.807) is 18.9 Å². The van der Waals surface area contributed by atoms with Gasteiger partial charge < -0.3 is 9.64 Å². The first-order chi connectivity index (χ1) is 8.19. The predicted molar refractivity (Wildman–Crippen MR) is 65.2 cm³/mol. The Morgan fingerprint density at radius 1 is 1.47 bits per heavy atom. The molecule has 4 heteroatoms. The highest BCUT2D eigenvalue weighted by molar-refractivity contribution is 5.93. The van der Waals surface area contributed by atoms with E-state index in [0.29, 0.717) is 0 Å². The lowest BCUT2D eigenvalue weighted by Gasteiger charge is -2.14. The SMILES string of the molecule is CCOC(=O)C(C#N)=CN(C)c1ccccc1. The van der Waals surface area contributed by atoms with Crippen molar-refractivity contribution < 1.29 is 9.53 Å². The zero-order valence-corrected chi connectivity index (χ0v) is 9.88. The van der Waals surface area contributed by atoms with E-state index in [1.165, 1.54) is 6.20 Å². The average Bonchev–Trinajstić information content (AvgIpc) is 2.37. The van der Waals surface area contributed by atoms with Gasteiger partial charge in [0.1, 0.15) is 6.07 Å². The van der Waals surface area contributed by atoms with Gasteiger partial charge in [-0.15, -0.1) is 0 Å². The fraction of sp³-hybridized carbons (Fsp3) is 0.231. The molecule has 88 valence electrons. The van der Waals surface area contributed by atoms with Crippen molar-refractivity contribution in [2.24, 2.45) is 0 Å². The Bertz CT molecular complexity index is 446. The van der Waals surface area contributed by atoms with E-state index in [0.717, 1.165) is 5.69 Å². The van der Waals surface area contributed by atoms with E-state index in [-0.39, 0.29) is 12.2 Å². The van der Waals surface area contributed by atoms with Crippen LogP contribution in [0.1, 0.15) is 6.92 Å². The highest BCUT2D eigenvalue weighted by Gasteiger charge is 2.10. The molecule has 0 aliphatic heterocycles. The van der Waals surface area contributed by atoms with Gasteiger partial charge in [0, 0.05) is 18.9 Å². The second kappa shape index (κ2) is 6.33. The molecule has 0 saturated carbocycles. The van der Waals surface area contributed by atoms with E-state index < -0.39 is 5.97 Å². The summed E-state index contributed by atoms with van der Waals surface area (Å²) >= 11 is 0. The monoisotopic (exact) mass is 230 g/mol. The van der Waals surface area contributed by atoms with E-state index in [1.807, 2.05) is 36.4 Å². The molecule has 0 saturated heterocycles. The Kier molecular flexibility index (Phi) is 4.77. The summed E-state index contributed by atoms with van der Waals surface area (Å²) in [7, 11) is 1.77. The summed E-state index contributed by atoms with van der Waals surface area (Å²) in [5, 5.41) is 8.87. The quantitative estimate of drug-likeness (QED) is 0.451. The zero-order chi connectivity index (χ0) is 12.7. The number of hydrogen-bond acceptors (Lipinski definition) is 4. The second-order valence-corrected chi connectivity index (χ2v) is 3.32. The minimum atomic E-state index is -0.599. The van der Waals surface area contributed by atoms with Crippen molar-refractivity contribution in [3.8, 4) is 6.07 Å². The topological polar surface area (TPSA) is 53.3 Å². The minimum absolute atomic E-state index is 0.0156. The summed E-state index contributed by atoms with van der Waals surface area (Å²) < 4.78 is 4.78. The third-order valence-electron chi connectivity index (χ3n) is 2.10. The normalized spacial score (nSPS) is 10.5. The Balaban J connectivity index is 2.86. The van der Waals surface area contributed by atoms with Gasteiger partial charge in [0.25, 0.3) is 0 Å². The number of anilines is 1. The van der Waals surface area contributed by atoms with Crippen LogP contribution in [0.3, 0.4) is 0 Å². The third-order valence-corrected chi connectivity index (χ3v) is 2.10. The van der Waals surface area contributed by atoms with Gasteiger partial charge in [-0.05, 0) is 19.1 Å². The summed E-state index contributed by atoms with van der Waals surface area (Å²) in [6, 6.07) is 11.3. The molecule has 0 aliphatic carbocycles. The molecule has 0 heterocycles. The molecule has 0 N–H and O–H groups in total. The molecule has 0 bridgehead atoms. The van der Waals surface area contributed by atoms with E-state index in [4.69, 9.17) is 10.00 Å².